The number of nitrogens with one attached hydrogen (secondary N) is 1. The van der Waals surface area contributed by atoms with Crippen molar-refractivity contribution in [3.63, 3.8) is 0 Å². The lowest BCUT2D eigenvalue weighted by atomic mass is 10.2. The third-order valence-electron chi connectivity index (χ3n) is 1.34. The van der Waals surface area contributed by atoms with Gasteiger partial charge in [0.1, 0.15) is 5.76 Å². The van der Waals surface area contributed by atoms with E-state index in [4.69, 9.17) is 4.42 Å². The zero-order valence-electron chi connectivity index (χ0n) is 6.05. The summed E-state index contributed by atoms with van der Waals surface area (Å²) in [6, 6.07) is 1.90. The summed E-state index contributed by atoms with van der Waals surface area (Å²) in [6.07, 6.45) is 3.46. The minimum atomic E-state index is 0.758. The second kappa shape index (κ2) is 3.22. The first-order chi connectivity index (χ1) is 4.88. The van der Waals surface area contributed by atoms with E-state index in [-0.39, 0.29) is 0 Å². The van der Waals surface area contributed by atoms with E-state index in [2.05, 4.69) is 11.9 Å². The van der Waals surface area contributed by atoms with Gasteiger partial charge in [0.05, 0.1) is 12.8 Å². The number of rotatable bonds is 3. The highest BCUT2D eigenvalue weighted by atomic mass is 16.3. The summed E-state index contributed by atoms with van der Waals surface area (Å²) < 4.78 is 5.16. The molecule has 0 unspecified atom stereocenters. The Bertz CT molecular complexity index is 215. The van der Waals surface area contributed by atoms with Crippen LogP contribution in [-0.2, 0) is 6.54 Å². The highest BCUT2D eigenvalue weighted by Crippen LogP contribution is 2.10. The molecular formula is C8H11NO. The normalized spacial score (nSPS) is 9.70. The van der Waals surface area contributed by atoms with E-state index in [0.29, 0.717) is 0 Å². The molecule has 0 fully saturated rings. The van der Waals surface area contributed by atoms with Gasteiger partial charge in [0.25, 0.3) is 0 Å². The molecule has 2 nitrogen and oxygen atoms in total. The lowest BCUT2D eigenvalue weighted by molar-refractivity contribution is 0.494. The van der Waals surface area contributed by atoms with Crippen LogP contribution in [0.1, 0.15) is 11.3 Å². The van der Waals surface area contributed by atoms with Crippen molar-refractivity contribution in [1.29, 1.82) is 0 Å². The van der Waals surface area contributed by atoms with Crippen LogP contribution in [0.5, 0.6) is 0 Å². The second-order valence-electron chi connectivity index (χ2n) is 2.03. The van der Waals surface area contributed by atoms with E-state index in [9.17, 15) is 0 Å². The molecule has 0 aromatic carbocycles. The van der Waals surface area contributed by atoms with Gasteiger partial charge in [0.15, 0.2) is 0 Å². The molecule has 1 N–H and O–H groups in total. The van der Waals surface area contributed by atoms with Crippen LogP contribution in [0.3, 0.4) is 0 Å². The number of hydrogen-bond donors (Lipinski definition) is 1. The molecule has 0 saturated carbocycles. The summed E-state index contributed by atoms with van der Waals surface area (Å²) in [7, 11) is 1.88. The van der Waals surface area contributed by atoms with Crippen LogP contribution in [0, 0.1) is 0 Å². The van der Waals surface area contributed by atoms with Gasteiger partial charge < -0.3 is 9.73 Å². The molecule has 1 rings (SSSR count). The van der Waals surface area contributed by atoms with Crippen LogP contribution in [0.15, 0.2) is 23.3 Å². The first kappa shape index (κ1) is 7.09. The van der Waals surface area contributed by atoms with Crippen LogP contribution >= 0.6 is 0 Å². The van der Waals surface area contributed by atoms with Crippen molar-refractivity contribution in [2.24, 2.45) is 0 Å². The van der Waals surface area contributed by atoms with Gasteiger partial charge in [0, 0.05) is 5.56 Å². The van der Waals surface area contributed by atoms with E-state index in [1.54, 1.807) is 12.3 Å². The summed E-state index contributed by atoms with van der Waals surface area (Å²) in [6.45, 7) is 4.42. The highest BCUT2D eigenvalue weighted by Gasteiger charge is 1.99. The van der Waals surface area contributed by atoms with Gasteiger partial charge in [0.2, 0.25) is 0 Å². The fraction of sp³-hybridized carbons (Fsp3) is 0.250. The lowest BCUT2D eigenvalue weighted by Gasteiger charge is -1.94. The third kappa shape index (κ3) is 1.28. The lowest BCUT2D eigenvalue weighted by Crippen LogP contribution is -2.04. The van der Waals surface area contributed by atoms with E-state index in [0.717, 1.165) is 17.9 Å². The van der Waals surface area contributed by atoms with Crippen LogP contribution in [0.4, 0.5) is 0 Å². The molecule has 0 bridgehead atoms. The molecule has 0 aliphatic heterocycles. The molecule has 10 heavy (non-hydrogen) atoms. The average Bonchev–Trinajstić information content (AvgIpc) is 2.36. The van der Waals surface area contributed by atoms with Crippen LogP contribution in [0.2, 0.25) is 0 Å². The predicted molar refractivity (Wildman–Crippen MR) is 41.6 cm³/mol. The Hall–Kier alpha value is -1.02. The van der Waals surface area contributed by atoms with E-state index in [1.165, 1.54) is 0 Å². The van der Waals surface area contributed by atoms with Crippen molar-refractivity contribution >= 4 is 6.08 Å². The average molecular weight is 137 g/mol. The molecule has 1 aromatic heterocycles. The Labute approximate surface area is 60.5 Å². The monoisotopic (exact) mass is 137 g/mol. The fourth-order valence-corrected chi connectivity index (χ4v) is 0.837. The maximum atomic E-state index is 5.16. The van der Waals surface area contributed by atoms with Gasteiger partial charge in [-0.15, -0.1) is 0 Å². The summed E-state index contributed by atoms with van der Waals surface area (Å²) >= 11 is 0. The first-order valence-electron chi connectivity index (χ1n) is 3.22. The molecule has 0 saturated heterocycles. The van der Waals surface area contributed by atoms with Crippen molar-refractivity contribution in [3.8, 4) is 0 Å². The predicted octanol–water partition coefficient (Wildman–Crippen LogP) is 1.64. The SMILES string of the molecule is C=Cc1ccoc1CNC. The summed E-state index contributed by atoms with van der Waals surface area (Å²) in [5.41, 5.74) is 1.06. The molecular weight excluding hydrogens is 126 g/mol. The Morgan fingerprint density at radius 3 is 3.20 bits per heavy atom. The van der Waals surface area contributed by atoms with Crippen LogP contribution in [0.25, 0.3) is 6.08 Å². The third-order valence-corrected chi connectivity index (χ3v) is 1.34. The van der Waals surface area contributed by atoms with Crippen molar-refractivity contribution in [1.82, 2.24) is 5.32 Å². The Balaban J connectivity index is 2.79. The molecule has 2 heteroatoms. The Kier molecular flexibility index (Phi) is 2.29. The zero-order chi connectivity index (χ0) is 7.40. The molecule has 0 spiro atoms. The molecule has 0 radical (unpaired) electrons. The summed E-state index contributed by atoms with van der Waals surface area (Å²) in [5, 5.41) is 3.00. The van der Waals surface area contributed by atoms with E-state index in [1.807, 2.05) is 13.1 Å². The van der Waals surface area contributed by atoms with Gasteiger partial charge in [-0.25, -0.2) is 0 Å². The summed E-state index contributed by atoms with van der Waals surface area (Å²) in [4.78, 5) is 0. The van der Waals surface area contributed by atoms with Crippen molar-refractivity contribution in [2.75, 3.05) is 7.05 Å². The molecule has 54 valence electrons. The number of furan rings is 1. The smallest absolute Gasteiger partial charge is 0.124 e. The van der Waals surface area contributed by atoms with E-state index >= 15 is 0 Å². The quantitative estimate of drug-likeness (QED) is 0.685. The number of hydrogen-bond acceptors (Lipinski definition) is 2. The maximum Gasteiger partial charge on any atom is 0.124 e. The molecule has 1 heterocycles. The second-order valence-corrected chi connectivity index (χ2v) is 2.03. The van der Waals surface area contributed by atoms with Gasteiger partial charge in [-0.1, -0.05) is 12.7 Å². The standard InChI is InChI=1S/C8H11NO/c1-3-7-4-5-10-8(7)6-9-2/h3-5,9H,1,6H2,2H3. The first-order valence-corrected chi connectivity index (χ1v) is 3.22. The molecule has 0 atom stereocenters. The minimum absolute atomic E-state index is 0.758. The topological polar surface area (TPSA) is 25.2 Å². The highest BCUT2D eigenvalue weighted by molar-refractivity contribution is 5.48. The molecule has 1 aromatic rings. The Morgan fingerprint density at radius 2 is 2.60 bits per heavy atom. The van der Waals surface area contributed by atoms with Gasteiger partial charge in [-0.3, -0.25) is 0 Å². The zero-order valence-corrected chi connectivity index (χ0v) is 6.05. The van der Waals surface area contributed by atoms with Crippen LogP contribution < -0.4 is 5.32 Å². The van der Waals surface area contributed by atoms with Crippen molar-refractivity contribution in [2.45, 2.75) is 6.54 Å². The maximum absolute atomic E-state index is 5.16. The van der Waals surface area contributed by atoms with Gasteiger partial charge in [-0.05, 0) is 13.1 Å². The minimum Gasteiger partial charge on any atom is -0.467 e. The largest absolute Gasteiger partial charge is 0.467 e. The van der Waals surface area contributed by atoms with Crippen LogP contribution in [-0.4, -0.2) is 7.05 Å². The van der Waals surface area contributed by atoms with Crippen molar-refractivity contribution in [3.05, 3.63) is 30.2 Å². The molecule has 0 amide bonds. The molecule has 0 aliphatic rings. The van der Waals surface area contributed by atoms with Gasteiger partial charge >= 0.3 is 0 Å². The summed E-state index contributed by atoms with van der Waals surface area (Å²) in [5.74, 6) is 0.942. The fourth-order valence-electron chi connectivity index (χ4n) is 0.837. The van der Waals surface area contributed by atoms with Gasteiger partial charge in [-0.2, -0.15) is 0 Å². The van der Waals surface area contributed by atoms with E-state index < -0.39 is 0 Å². The van der Waals surface area contributed by atoms with Crippen molar-refractivity contribution < 1.29 is 4.42 Å². The molecule has 0 aliphatic carbocycles. The Morgan fingerprint density at radius 1 is 1.80 bits per heavy atom.